The molecule has 0 fully saturated rings. The summed E-state index contributed by atoms with van der Waals surface area (Å²) in [6, 6.07) is 9.08. The standard InChI is InChI=1S/C28H39N5O5/c1-8-21(31(25(34)18(2)3)15-12-16-33(27(36)37)28(5,6)7)23-29-24-22(19(4)30-38-24)26(35)32(23)17-20-13-10-9-11-14-20/h9-11,13-14,18,21H,8,12,15-17H2,1-7H3,(H,36,37). The number of rotatable bonds is 10. The van der Waals surface area contributed by atoms with Crippen LogP contribution < -0.4 is 5.56 Å². The molecule has 0 saturated carbocycles. The van der Waals surface area contributed by atoms with Crippen molar-refractivity contribution in [3.05, 3.63) is 57.8 Å². The highest BCUT2D eigenvalue weighted by molar-refractivity contribution is 5.79. The van der Waals surface area contributed by atoms with Gasteiger partial charge in [-0.05, 0) is 46.1 Å². The SMILES string of the molecule is CCC(c1nc2onc(C)c2c(=O)n1Cc1ccccc1)N(CCCN(C(=O)O)C(C)(C)C)C(=O)C(C)C. The molecule has 2 aromatic heterocycles. The molecule has 3 aromatic rings. The lowest BCUT2D eigenvalue weighted by Crippen LogP contribution is -2.47. The summed E-state index contributed by atoms with van der Waals surface area (Å²) >= 11 is 0. The fourth-order valence-corrected chi connectivity index (χ4v) is 4.67. The number of hydrogen-bond donors (Lipinski definition) is 1. The van der Waals surface area contributed by atoms with Crippen molar-refractivity contribution in [2.75, 3.05) is 13.1 Å². The maximum atomic E-state index is 13.7. The van der Waals surface area contributed by atoms with Gasteiger partial charge in [0.05, 0.1) is 18.3 Å². The molecule has 10 nitrogen and oxygen atoms in total. The normalized spacial score (nSPS) is 12.6. The number of carbonyl (C=O) groups excluding carboxylic acids is 1. The lowest BCUT2D eigenvalue weighted by atomic mass is 10.0. The number of aryl methyl sites for hydroxylation is 1. The molecule has 0 radical (unpaired) electrons. The van der Waals surface area contributed by atoms with Gasteiger partial charge in [0.25, 0.3) is 11.3 Å². The highest BCUT2D eigenvalue weighted by atomic mass is 16.5. The Balaban J connectivity index is 2.08. The summed E-state index contributed by atoms with van der Waals surface area (Å²) in [5, 5.41) is 14.0. The zero-order valence-electron chi connectivity index (χ0n) is 23.4. The van der Waals surface area contributed by atoms with E-state index in [0.29, 0.717) is 36.3 Å². The van der Waals surface area contributed by atoms with Gasteiger partial charge in [-0.15, -0.1) is 0 Å². The van der Waals surface area contributed by atoms with Gasteiger partial charge in [-0.3, -0.25) is 14.2 Å². The third-order valence-corrected chi connectivity index (χ3v) is 6.64. The van der Waals surface area contributed by atoms with Crippen LogP contribution in [0.2, 0.25) is 0 Å². The average Bonchev–Trinajstić information content (AvgIpc) is 3.22. The Morgan fingerprint density at radius 1 is 1.13 bits per heavy atom. The van der Waals surface area contributed by atoms with Gasteiger partial charge >= 0.3 is 6.09 Å². The van der Waals surface area contributed by atoms with E-state index in [1.54, 1.807) is 16.4 Å². The largest absolute Gasteiger partial charge is 0.465 e. The van der Waals surface area contributed by atoms with E-state index < -0.39 is 17.7 Å². The molecule has 0 spiro atoms. The average molecular weight is 526 g/mol. The number of carbonyl (C=O) groups is 2. The van der Waals surface area contributed by atoms with Gasteiger partial charge in [0, 0.05) is 24.5 Å². The molecule has 1 atom stereocenters. The summed E-state index contributed by atoms with van der Waals surface area (Å²) < 4.78 is 6.99. The fraction of sp³-hybridized carbons (Fsp3) is 0.536. The molecule has 1 unspecified atom stereocenters. The number of carboxylic acid groups (broad SMARTS) is 1. The van der Waals surface area contributed by atoms with Crippen molar-refractivity contribution in [3.63, 3.8) is 0 Å². The lowest BCUT2D eigenvalue weighted by Gasteiger charge is -2.36. The van der Waals surface area contributed by atoms with Crippen LogP contribution in [0.3, 0.4) is 0 Å². The molecule has 2 amide bonds. The Morgan fingerprint density at radius 2 is 1.79 bits per heavy atom. The van der Waals surface area contributed by atoms with Crippen LogP contribution in [0, 0.1) is 12.8 Å². The third-order valence-electron chi connectivity index (χ3n) is 6.64. The van der Waals surface area contributed by atoms with E-state index >= 15 is 0 Å². The van der Waals surface area contributed by atoms with E-state index in [9.17, 15) is 19.5 Å². The monoisotopic (exact) mass is 525 g/mol. The summed E-state index contributed by atoms with van der Waals surface area (Å²) in [7, 11) is 0. The summed E-state index contributed by atoms with van der Waals surface area (Å²) in [6.07, 6.45) is -0.0681. The molecule has 0 aliphatic heterocycles. The molecule has 0 aliphatic rings. The molecule has 38 heavy (non-hydrogen) atoms. The number of hydrogen-bond acceptors (Lipinski definition) is 6. The van der Waals surface area contributed by atoms with E-state index in [-0.39, 0.29) is 36.2 Å². The minimum absolute atomic E-state index is 0.0937. The third kappa shape index (κ3) is 6.23. The number of amides is 2. The Kier molecular flexibility index (Phi) is 8.96. The van der Waals surface area contributed by atoms with Gasteiger partial charge < -0.3 is 19.4 Å². The lowest BCUT2D eigenvalue weighted by molar-refractivity contribution is -0.137. The first kappa shape index (κ1) is 28.9. The summed E-state index contributed by atoms with van der Waals surface area (Å²) in [4.78, 5) is 46.9. The molecule has 1 aromatic carbocycles. The maximum Gasteiger partial charge on any atom is 0.407 e. The van der Waals surface area contributed by atoms with Crippen LogP contribution in [0.25, 0.3) is 11.1 Å². The van der Waals surface area contributed by atoms with E-state index in [2.05, 4.69) is 5.16 Å². The van der Waals surface area contributed by atoms with E-state index in [1.807, 2.05) is 71.9 Å². The van der Waals surface area contributed by atoms with Crippen molar-refractivity contribution in [2.24, 2.45) is 5.92 Å². The first-order chi connectivity index (χ1) is 17.9. The highest BCUT2D eigenvalue weighted by Gasteiger charge is 2.32. The molecule has 1 N–H and O–H groups in total. The molecule has 0 saturated heterocycles. The predicted octanol–water partition coefficient (Wildman–Crippen LogP) is 4.85. The van der Waals surface area contributed by atoms with Gasteiger partial charge in [0.15, 0.2) is 0 Å². The quantitative estimate of drug-likeness (QED) is 0.402. The van der Waals surface area contributed by atoms with Crippen LogP contribution in [0.15, 0.2) is 39.6 Å². The maximum absolute atomic E-state index is 13.7. The Labute approximate surface area is 223 Å². The van der Waals surface area contributed by atoms with Gasteiger partial charge in [-0.2, -0.15) is 4.98 Å². The molecular formula is C28H39N5O5. The molecule has 0 aliphatic carbocycles. The molecule has 10 heteroatoms. The van der Waals surface area contributed by atoms with Crippen molar-refractivity contribution >= 4 is 23.1 Å². The smallest absolute Gasteiger partial charge is 0.407 e. The van der Waals surface area contributed by atoms with Crippen LogP contribution in [0.1, 0.15) is 77.5 Å². The van der Waals surface area contributed by atoms with E-state index in [0.717, 1.165) is 5.56 Å². The Hall–Kier alpha value is -3.69. The van der Waals surface area contributed by atoms with Crippen LogP contribution in [0.5, 0.6) is 0 Å². The summed E-state index contributed by atoms with van der Waals surface area (Å²) in [6.45, 7) is 13.7. The molecule has 2 heterocycles. The Bertz CT molecular complexity index is 1320. The summed E-state index contributed by atoms with van der Waals surface area (Å²) in [5.74, 6) is 0.0292. The van der Waals surface area contributed by atoms with Crippen molar-refractivity contribution in [1.82, 2.24) is 24.5 Å². The van der Waals surface area contributed by atoms with Crippen molar-refractivity contribution in [1.29, 1.82) is 0 Å². The van der Waals surface area contributed by atoms with E-state index in [4.69, 9.17) is 9.51 Å². The molecule has 206 valence electrons. The minimum Gasteiger partial charge on any atom is -0.465 e. The second-order valence-electron chi connectivity index (χ2n) is 10.9. The minimum atomic E-state index is -1.00. The number of nitrogens with zero attached hydrogens (tertiary/aromatic N) is 5. The zero-order valence-corrected chi connectivity index (χ0v) is 23.4. The number of fused-ring (bicyclic) bond motifs is 1. The number of aromatic nitrogens is 3. The second kappa shape index (κ2) is 11.8. The molecule has 0 bridgehead atoms. The molecular weight excluding hydrogens is 486 g/mol. The molecule has 3 rings (SSSR count). The number of benzene rings is 1. The van der Waals surface area contributed by atoms with Crippen LogP contribution in [-0.4, -0.2) is 60.2 Å². The second-order valence-corrected chi connectivity index (χ2v) is 10.9. The Morgan fingerprint density at radius 3 is 2.34 bits per heavy atom. The van der Waals surface area contributed by atoms with Crippen LogP contribution >= 0.6 is 0 Å². The van der Waals surface area contributed by atoms with Crippen LogP contribution in [-0.2, 0) is 11.3 Å². The first-order valence-electron chi connectivity index (χ1n) is 13.1. The topological polar surface area (TPSA) is 122 Å². The predicted molar refractivity (Wildman–Crippen MR) is 145 cm³/mol. The summed E-state index contributed by atoms with van der Waals surface area (Å²) in [5.41, 5.74) is 0.685. The van der Waals surface area contributed by atoms with Crippen molar-refractivity contribution < 1.29 is 19.2 Å². The van der Waals surface area contributed by atoms with Crippen LogP contribution in [0.4, 0.5) is 4.79 Å². The van der Waals surface area contributed by atoms with Gasteiger partial charge in [-0.1, -0.05) is 56.3 Å². The van der Waals surface area contributed by atoms with Gasteiger partial charge in [0.2, 0.25) is 5.91 Å². The highest BCUT2D eigenvalue weighted by Crippen LogP contribution is 2.27. The van der Waals surface area contributed by atoms with Crippen molar-refractivity contribution in [3.8, 4) is 0 Å². The fourth-order valence-electron chi connectivity index (χ4n) is 4.67. The van der Waals surface area contributed by atoms with E-state index in [1.165, 1.54) is 4.90 Å². The first-order valence-corrected chi connectivity index (χ1v) is 13.1. The zero-order chi connectivity index (χ0) is 28.2. The van der Waals surface area contributed by atoms with Gasteiger partial charge in [-0.25, -0.2) is 4.79 Å². The van der Waals surface area contributed by atoms with Gasteiger partial charge in [0.1, 0.15) is 11.2 Å². The van der Waals surface area contributed by atoms with Crippen molar-refractivity contribution in [2.45, 2.75) is 79.4 Å².